The monoisotopic (exact) mass is 270 g/mol. The molecule has 0 saturated carbocycles. The minimum Gasteiger partial charge on any atom is -0.396 e. The van der Waals surface area contributed by atoms with Crippen LogP contribution in [0, 0.1) is 6.92 Å². The van der Waals surface area contributed by atoms with Crippen molar-refractivity contribution in [3.8, 4) is 0 Å². The van der Waals surface area contributed by atoms with Gasteiger partial charge in [-0.3, -0.25) is 0 Å². The van der Waals surface area contributed by atoms with E-state index in [1.54, 1.807) is 0 Å². The van der Waals surface area contributed by atoms with Crippen LogP contribution in [0.4, 0.5) is 0 Å². The van der Waals surface area contributed by atoms with Crippen LogP contribution in [0.5, 0.6) is 0 Å². The third-order valence-electron chi connectivity index (χ3n) is 2.90. The molecule has 1 unspecified atom stereocenters. The highest BCUT2D eigenvalue weighted by molar-refractivity contribution is 7.12. The second-order valence-corrected chi connectivity index (χ2v) is 6.86. The molecule has 0 aliphatic heterocycles. The minimum absolute atomic E-state index is 0.129. The van der Waals surface area contributed by atoms with E-state index in [0.29, 0.717) is 6.04 Å². The van der Waals surface area contributed by atoms with E-state index in [1.165, 1.54) is 9.88 Å². The average Bonchev–Trinajstić information content (AvgIpc) is 2.66. The molecule has 104 valence electrons. The number of unbranched alkanes of at least 4 members (excludes halogenated alkanes) is 1. The molecule has 0 radical (unpaired) electrons. The van der Waals surface area contributed by atoms with Gasteiger partial charge in [0, 0.05) is 22.9 Å². The second kappa shape index (κ2) is 6.64. The number of hydrogen-bond acceptors (Lipinski definition) is 4. The highest BCUT2D eigenvalue weighted by Crippen LogP contribution is 2.32. The second-order valence-electron chi connectivity index (χ2n) is 5.83. The molecule has 0 amide bonds. The molecule has 0 saturated heterocycles. The number of hydrogen-bond donors (Lipinski definition) is 2. The fourth-order valence-corrected chi connectivity index (χ4v) is 2.93. The zero-order valence-corrected chi connectivity index (χ0v) is 13.0. The molecule has 18 heavy (non-hydrogen) atoms. The first-order valence-corrected chi connectivity index (χ1v) is 7.50. The summed E-state index contributed by atoms with van der Waals surface area (Å²) in [5.41, 5.74) is 1.27. The summed E-state index contributed by atoms with van der Waals surface area (Å²) in [7, 11) is 0. The Morgan fingerprint density at radius 2 is 2.00 bits per heavy atom. The van der Waals surface area contributed by atoms with Crippen LogP contribution in [0.3, 0.4) is 0 Å². The number of aliphatic hydroxyl groups is 1. The molecule has 3 nitrogen and oxygen atoms in total. The maximum Gasteiger partial charge on any atom is 0.0985 e. The Morgan fingerprint density at radius 1 is 1.33 bits per heavy atom. The summed E-state index contributed by atoms with van der Waals surface area (Å²) >= 11 is 1.82. The van der Waals surface area contributed by atoms with Gasteiger partial charge in [-0.15, -0.1) is 11.3 Å². The molecule has 0 aliphatic rings. The van der Waals surface area contributed by atoms with E-state index < -0.39 is 0 Å². The van der Waals surface area contributed by atoms with Crippen LogP contribution >= 0.6 is 11.3 Å². The van der Waals surface area contributed by atoms with Gasteiger partial charge in [-0.05, 0) is 33.2 Å². The van der Waals surface area contributed by atoms with Gasteiger partial charge in [-0.1, -0.05) is 20.8 Å². The summed E-state index contributed by atoms with van der Waals surface area (Å²) in [4.78, 5) is 6.02. The predicted molar refractivity (Wildman–Crippen MR) is 78.3 cm³/mol. The maximum atomic E-state index is 8.75. The molecule has 0 spiro atoms. The van der Waals surface area contributed by atoms with Crippen molar-refractivity contribution in [3.05, 3.63) is 15.6 Å². The number of aryl methyl sites for hydroxylation is 1. The van der Waals surface area contributed by atoms with E-state index in [0.717, 1.165) is 25.1 Å². The van der Waals surface area contributed by atoms with Gasteiger partial charge in [0.05, 0.1) is 10.7 Å². The lowest BCUT2D eigenvalue weighted by Crippen LogP contribution is -2.19. The van der Waals surface area contributed by atoms with Crippen molar-refractivity contribution in [1.29, 1.82) is 0 Å². The standard InChI is InChI=1S/C14H26N2OS/c1-10(15-8-6-7-9-17)12-11(2)16-13(18-12)14(3,4)5/h10,15,17H,6-9H2,1-5H3. The molecule has 0 aliphatic carbocycles. The van der Waals surface area contributed by atoms with Crippen molar-refractivity contribution >= 4 is 11.3 Å². The van der Waals surface area contributed by atoms with Gasteiger partial charge in [0.1, 0.15) is 0 Å². The first-order chi connectivity index (χ1) is 8.36. The maximum absolute atomic E-state index is 8.75. The summed E-state index contributed by atoms with van der Waals surface area (Å²) in [5, 5.41) is 13.5. The van der Waals surface area contributed by atoms with Gasteiger partial charge in [-0.25, -0.2) is 4.98 Å². The number of rotatable bonds is 6. The fraction of sp³-hybridized carbons (Fsp3) is 0.786. The number of aliphatic hydroxyl groups excluding tert-OH is 1. The van der Waals surface area contributed by atoms with Gasteiger partial charge in [0.25, 0.3) is 0 Å². The SMILES string of the molecule is Cc1nc(C(C)(C)C)sc1C(C)NCCCCO. The molecule has 0 fully saturated rings. The first kappa shape index (κ1) is 15.6. The zero-order valence-electron chi connectivity index (χ0n) is 12.2. The number of thiazole rings is 1. The average molecular weight is 270 g/mol. The lowest BCUT2D eigenvalue weighted by Gasteiger charge is -2.14. The van der Waals surface area contributed by atoms with E-state index in [-0.39, 0.29) is 12.0 Å². The van der Waals surface area contributed by atoms with Gasteiger partial charge in [0.15, 0.2) is 0 Å². The van der Waals surface area contributed by atoms with Crippen LogP contribution in [-0.4, -0.2) is 23.2 Å². The highest BCUT2D eigenvalue weighted by atomic mass is 32.1. The van der Waals surface area contributed by atoms with Crippen molar-refractivity contribution in [1.82, 2.24) is 10.3 Å². The van der Waals surface area contributed by atoms with Crippen molar-refractivity contribution in [3.63, 3.8) is 0 Å². The Labute approximate surface area is 115 Å². The van der Waals surface area contributed by atoms with Gasteiger partial charge >= 0.3 is 0 Å². The van der Waals surface area contributed by atoms with E-state index in [1.807, 2.05) is 11.3 Å². The van der Waals surface area contributed by atoms with Crippen LogP contribution in [0.25, 0.3) is 0 Å². The number of aromatic nitrogens is 1. The molecule has 1 rings (SSSR count). The van der Waals surface area contributed by atoms with Crippen molar-refractivity contribution in [2.75, 3.05) is 13.2 Å². The first-order valence-electron chi connectivity index (χ1n) is 6.68. The molecule has 0 bridgehead atoms. The molecular weight excluding hydrogens is 244 g/mol. The van der Waals surface area contributed by atoms with Crippen molar-refractivity contribution in [2.24, 2.45) is 0 Å². The highest BCUT2D eigenvalue weighted by Gasteiger charge is 2.22. The topological polar surface area (TPSA) is 45.2 Å². The largest absolute Gasteiger partial charge is 0.396 e. The summed E-state index contributed by atoms with van der Waals surface area (Å²) in [5.74, 6) is 0. The summed E-state index contributed by atoms with van der Waals surface area (Å²) < 4.78 is 0. The quantitative estimate of drug-likeness (QED) is 0.780. The van der Waals surface area contributed by atoms with E-state index in [2.05, 4.69) is 44.9 Å². The minimum atomic E-state index is 0.129. The molecular formula is C14H26N2OS. The Morgan fingerprint density at radius 3 is 2.50 bits per heavy atom. The van der Waals surface area contributed by atoms with Crippen LogP contribution in [0.1, 0.15) is 62.2 Å². The fourth-order valence-electron chi connectivity index (χ4n) is 1.78. The van der Waals surface area contributed by atoms with E-state index in [4.69, 9.17) is 5.11 Å². The number of nitrogens with zero attached hydrogens (tertiary/aromatic N) is 1. The Kier molecular flexibility index (Phi) is 5.76. The van der Waals surface area contributed by atoms with Gasteiger partial charge in [0.2, 0.25) is 0 Å². The molecule has 1 atom stereocenters. The molecule has 2 N–H and O–H groups in total. The molecule has 1 aromatic rings. The van der Waals surface area contributed by atoms with Crippen LogP contribution in [-0.2, 0) is 5.41 Å². The third kappa shape index (κ3) is 4.34. The molecule has 1 heterocycles. The lowest BCUT2D eigenvalue weighted by atomic mass is 9.98. The third-order valence-corrected chi connectivity index (χ3v) is 4.67. The lowest BCUT2D eigenvalue weighted by molar-refractivity contribution is 0.283. The molecule has 0 aromatic carbocycles. The summed E-state index contributed by atoms with van der Waals surface area (Å²) in [6.45, 7) is 12.1. The van der Waals surface area contributed by atoms with Gasteiger partial charge < -0.3 is 10.4 Å². The Hall–Kier alpha value is -0.450. The smallest absolute Gasteiger partial charge is 0.0985 e. The summed E-state index contributed by atoms with van der Waals surface area (Å²) in [6, 6.07) is 0.345. The Bertz CT molecular complexity index is 368. The van der Waals surface area contributed by atoms with Crippen LogP contribution in [0.2, 0.25) is 0 Å². The van der Waals surface area contributed by atoms with Gasteiger partial charge in [-0.2, -0.15) is 0 Å². The Balaban J connectivity index is 2.63. The molecule has 1 aromatic heterocycles. The van der Waals surface area contributed by atoms with E-state index in [9.17, 15) is 0 Å². The van der Waals surface area contributed by atoms with E-state index >= 15 is 0 Å². The molecule has 4 heteroatoms. The number of nitrogens with one attached hydrogen (secondary N) is 1. The zero-order chi connectivity index (χ0) is 13.8. The summed E-state index contributed by atoms with van der Waals surface area (Å²) in [6.07, 6.45) is 1.89. The van der Waals surface area contributed by atoms with Crippen LogP contribution < -0.4 is 5.32 Å². The predicted octanol–water partition coefficient (Wildman–Crippen LogP) is 3.17. The van der Waals surface area contributed by atoms with Crippen molar-refractivity contribution in [2.45, 2.75) is 58.9 Å². The van der Waals surface area contributed by atoms with Crippen LogP contribution in [0.15, 0.2) is 0 Å². The van der Waals surface area contributed by atoms with Crippen molar-refractivity contribution < 1.29 is 5.11 Å². The normalized spacial score (nSPS) is 13.9.